The maximum atomic E-state index is 11.7. The van der Waals surface area contributed by atoms with Crippen LogP contribution in [0.2, 0.25) is 0 Å². The summed E-state index contributed by atoms with van der Waals surface area (Å²) < 4.78 is 5.03. The summed E-state index contributed by atoms with van der Waals surface area (Å²) in [5.74, 6) is -0.458. The number of nitrogens with one attached hydrogen (secondary N) is 1. The van der Waals surface area contributed by atoms with Crippen molar-refractivity contribution in [3.8, 4) is 0 Å². The van der Waals surface area contributed by atoms with Crippen molar-refractivity contribution in [1.29, 1.82) is 0 Å². The van der Waals surface area contributed by atoms with Gasteiger partial charge in [-0.15, -0.1) is 0 Å². The van der Waals surface area contributed by atoms with Crippen LogP contribution in [0, 0.1) is 0 Å². The zero-order chi connectivity index (χ0) is 16.4. The summed E-state index contributed by atoms with van der Waals surface area (Å²) in [5, 5.41) is 2.80. The Morgan fingerprint density at radius 2 is 1.91 bits per heavy atom. The molecule has 4 nitrogen and oxygen atoms in total. The van der Waals surface area contributed by atoms with Gasteiger partial charge >= 0.3 is 5.97 Å². The minimum Gasteiger partial charge on any atom is -0.463 e. The summed E-state index contributed by atoms with van der Waals surface area (Å²) >= 11 is 0. The average Bonchev–Trinajstić information content (AvgIpc) is 2.53. The van der Waals surface area contributed by atoms with Crippen LogP contribution in [0.3, 0.4) is 0 Å². The Labute approximate surface area is 131 Å². The number of benzene rings is 1. The lowest BCUT2D eigenvalue weighted by molar-refractivity contribution is -0.137. The number of amides is 1. The number of ether oxygens (including phenoxy) is 1. The molecule has 22 heavy (non-hydrogen) atoms. The van der Waals surface area contributed by atoms with E-state index in [1.807, 2.05) is 26.0 Å². The molecule has 1 amide bonds. The highest BCUT2D eigenvalue weighted by Gasteiger charge is 2.03. The van der Waals surface area contributed by atoms with E-state index in [2.05, 4.69) is 5.32 Å². The van der Waals surface area contributed by atoms with Crippen LogP contribution in [0.1, 0.15) is 39.2 Å². The van der Waals surface area contributed by atoms with E-state index in [-0.39, 0.29) is 11.9 Å². The van der Waals surface area contributed by atoms with Crippen molar-refractivity contribution in [3.05, 3.63) is 47.6 Å². The highest BCUT2D eigenvalue weighted by molar-refractivity contribution is 6.03. The number of hydrogen-bond acceptors (Lipinski definition) is 3. The molecule has 0 saturated carbocycles. The number of hydrogen-bond donors (Lipinski definition) is 1. The lowest BCUT2D eigenvalue weighted by atomic mass is 10.2. The van der Waals surface area contributed by atoms with Crippen LogP contribution < -0.4 is 5.32 Å². The quantitative estimate of drug-likeness (QED) is 0.471. The number of carbonyl (C=O) groups is 2. The van der Waals surface area contributed by atoms with E-state index in [1.54, 1.807) is 31.2 Å². The molecule has 0 unspecified atom stereocenters. The van der Waals surface area contributed by atoms with Gasteiger partial charge in [0.2, 0.25) is 0 Å². The fourth-order valence-electron chi connectivity index (χ4n) is 1.57. The largest absolute Gasteiger partial charge is 0.463 e. The number of carbonyl (C=O) groups excluding carboxylic acids is 2. The number of anilines is 1. The second kappa shape index (κ2) is 9.55. The molecular formula is C18H23NO3. The summed E-state index contributed by atoms with van der Waals surface area (Å²) in [5.41, 5.74) is 2.25. The molecule has 4 heteroatoms. The van der Waals surface area contributed by atoms with Gasteiger partial charge in [0.05, 0.1) is 6.61 Å². The van der Waals surface area contributed by atoms with Gasteiger partial charge in [-0.25, -0.2) is 4.79 Å². The van der Waals surface area contributed by atoms with Crippen molar-refractivity contribution in [2.75, 3.05) is 11.9 Å². The standard InChI is InChI=1S/C18H23NO3/c1-4-6-13-22-17(20)12-9-15-7-10-16(11-8-15)19-18(21)14(3)5-2/h5,7-12H,4,6,13H2,1-3H3,(H,19,21)/b12-9+,14-5+. The van der Waals surface area contributed by atoms with Gasteiger partial charge in [-0.3, -0.25) is 4.79 Å². The molecule has 1 aromatic rings. The zero-order valence-electron chi connectivity index (χ0n) is 13.4. The highest BCUT2D eigenvalue weighted by atomic mass is 16.5. The molecule has 0 atom stereocenters. The fraction of sp³-hybridized carbons (Fsp3) is 0.333. The first-order chi connectivity index (χ1) is 10.6. The fourth-order valence-corrected chi connectivity index (χ4v) is 1.57. The SMILES string of the molecule is C/C=C(\C)C(=O)Nc1ccc(/C=C/C(=O)OCCCC)cc1. The van der Waals surface area contributed by atoms with Crippen LogP contribution in [0.4, 0.5) is 5.69 Å². The van der Waals surface area contributed by atoms with E-state index in [4.69, 9.17) is 4.74 Å². The lowest BCUT2D eigenvalue weighted by Crippen LogP contribution is -2.12. The van der Waals surface area contributed by atoms with Crippen molar-refractivity contribution in [3.63, 3.8) is 0 Å². The van der Waals surface area contributed by atoms with Gasteiger partial charge in [-0.2, -0.15) is 0 Å². The molecule has 1 N–H and O–H groups in total. The third-order valence-electron chi connectivity index (χ3n) is 3.11. The van der Waals surface area contributed by atoms with Crippen molar-refractivity contribution >= 4 is 23.6 Å². The first-order valence-corrected chi connectivity index (χ1v) is 7.46. The number of esters is 1. The van der Waals surface area contributed by atoms with E-state index in [9.17, 15) is 9.59 Å². The molecule has 0 aliphatic carbocycles. The Hall–Kier alpha value is -2.36. The van der Waals surface area contributed by atoms with Gasteiger partial charge in [0, 0.05) is 17.3 Å². The second-order valence-electron chi connectivity index (χ2n) is 4.90. The minimum atomic E-state index is -0.338. The van der Waals surface area contributed by atoms with E-state index < -0.39 is 0 Å². The Bertz CT molecular complexity index is 556. The normalized spacial score (nSPS) is 11.5. The Morgan fingerprint density at radius 1 is 1.23 bits per heavy atom. The number of unbranched alkanes of at least 4 members (excludes halogenated alkanes) is 1. The molecule has 0 radical (unpaired) electrons. The Morgan fingerprint density at radius 3 is 2.50 bits per heavy atom. The van der Waals surface area contributed by atoms with Crippen molar-refractivity contribution in [2.24, 2.45) is 0 Å². The Balaban J connectivity index is 2.54. The van der Waals surface area contributed by atoms with Crippen LogP contribution in [-0.4, -0.2) is 18.5 Å². The van der Waals surface area contributed by atoms with Crippen molar-refractivity contribution in [2.45, 2.75) is 33.6 Å². The topological polar surface area (TPSA) is 55.4 Å². The molecule has 0 aliphatic rings. The molecule has 0 saturated heterocycles. The maximum absolute atomic E-state index is 11.7. The third kappa shape index (κ3) is 6.39. The van der Waals surface area contributed by atoms with Gasteiger partial charge in [0.15, 0.2) is 0 Å². The lowest BCUT2D eigenvalue weighted by Gasteiger charge is -2.05. The molecule has 1 rings (SSSR count). The van der Waals surface area contributed by atoms with Gasteiger partial charge in [0.25, 0.3) is 5.91 Å². The molecule has 0 aromatic heterocycles. The van der Waals surface area contributed by atoms with Crippen LogP contribution in [-0.2, 0) is 14.3 Å². The highest BCUT2D eigenvalue weighted by Crippen LogP contribution is 2.12. The molecular weight excluding hydrogens is 278 g/mol. The first-order valence-electron chi connectivity index (χ1n) is 7.46. The average molecular weight is 301 g/mol. The molecule has 118 valence electrons. The molecule has 0 aliphatic heterocycles. The molecule has 0 bridgehead atoms. The second-order valence-corrected chi connectivity index (χ2v) is 4.90. The minimum absolute atomic E-state index is 0.120. The Kier molecular flexibility index (Phi) is 7.68. The summed E-state index contributed by atoms with van der Waals surface area (Å²) in [6, 6.07) is 7.25. The van der Waals surface area contributed by atoms with E-state index >= 15 is 0 Å². The van der Waals surface area contributed by atoms with E-state index in [0.29, 0.717) is 17.9 Å². The van der Waals surface area contributed by atoms with Crippen molar-refractivity contribution < 1.29 is 14.3 Å². The van der Waals surface area contributed by atoms with Gasteiger partial charge < -0.3 is 10.1 Å². The van der Waals surface area contributed by atoms with E-state index in [1.165, 1.54) is 6.08 Å². The summed E-state index contributed by atoms with van der Waals surface area (Å²) in [4.78, 5) is 23.2. The zero-order valence-corrected chi connectivity index (χ0v) is 13.4. The molecule has 0 heterocycles. The summed E-state index contributed by atoms with van der Waals surface area (Å²) in [6.45, 7) is 6.08. The molecule has 1 aromatic carbocycles. The number of rotatable bonds is 7. The van der Waals surface area contributed by atoms with Crippen LogP contribution in [0.5, 0.6) is 0 Å². The van der Waals surface area contributed by atoms with Gasteiger partial charge in [-0.1, -0.05) is 31.6 Å². The predicted molar refractivity (Wildman–Crippen MR) is 89.4 cm³/mol. The smallest absolute Gasteiger partial charge is 0.330 e. The van der Waals surface area contributed by atoms with Gasteiger partial charge in [-0.05, 0) is 44.0 Å². The van der Waals surface area contributed by atoms with Crippen LogP contribution >= 0.6 is 0 Å². The van der Waals surface area contributed by atoms with Crippen LogP contribution in [0.25, 0.3) is 6.08 Å². The predicted octanol–water partition coefficient (Wildman–Crippen LogP) is 3.95. The maximum Gasteiger partial charge on any atom is 0.330 e. The summed E-state index contributed by atoms with van der Waals surface area (Å²) in [6.07, 6.45) is 6.73. The molecule has 0 spiro atoms. The monoisotopic (exact) mass is 301 g/mol. The molecule has 0 fully saturated rings. The van der Waals surface area contributed by atoms with E-state index in [0.717, 1.165) is 18.4 Å². The number of allylic oxidation sites excluding steroid dienone is 1. The van der Waals surface area contributed by atoms with Gasteiger partial charge in [0.1, 0.15) is 0 Å². The third-order valence-corrected chi connectivity index (χ3v) is 3.11. The van der Waals surface area contributed by atoms with Crippen LogP contribution in [0.15, 0.2) is 42.0 Å². The summed E-state index contributed by atoms with van der Waals surface area (Å²) in [7, 11) is 0. The van der Waals surface area contributed by atoms with Crippen molar-refractivity contribution in [1.82, 2.24) is 0 Å². The first kappa shape index (κ1) is 17.7.